The zero-order valence-corrected chi connectivity index (χ0v) is 13.4. The van der Waals surface area contributed by atoms with Gasteiger partial charge in [0.05, 0.1) is 0 Å². The summed E-state index contributed by atoms with van der Waals surface area (Å²) in [7, 11) is 0. The fourth-order valence-electron chi connectivity index (χ4n) is 3.02. The Kier molecular flexibility index (Phi) is 4.11. The second kappa shape index (κ2) is 6.09. The SMILES string of the molecule is CC(CN)(C(=O)O)C(=O)OCC1c2ccccc2-c2ccccc21. The Morgan fingerprint density at radius 3 is 2.04 bits per heavy atom. The summed E-state index contributed by atoms with van der Waals surface area (Å²) < 4.78 is 5.36. The van der Waals surface area contributed by atoms with Crippen LogP contribution in [-0.4, -0.2) is 30.2 Å². The van der Waals surface area contributed by atoms with Crippen molar-refractivity contribution in [3.63, 3.8) is 0 Å². The van der Waals surface area contributed by atoms with Gasteiger partial charge in [-0.1, -0.05) is 48.5 Å². The van der Waals surface area contributed by atoms with E-state index in [9.17, 15) is 14.7 Å². The minimum Gasteiger partial charge on any atom is -0.480 e. The van der Waals surface area contributed by atoms with Crippen molar-refractivity contribution in [2.75, 3.05) is 13.2 Å². The number of hydrogen-bond acceptors (Lipinski definition) is 4. The summed E-state index contributed by atoms with van der Waals surface area (Å²) in [5, 5.41) is 9.23. The van der Waals surface area contributed by atoms with Crippen molar-refractivity contribution in [3.05, 3.63) is 59.7 Å². The summed E-state index contributed by atoms with van der Waals surface area (Å²) >= 11 is 0. The number of carbonyl (C=O) groups is 2. The highest BCUT2D eigenvalue weighted by atomic mass is 16.5. The molecule has 0 amide bonds. The van der Waals surface area contributed by atoms with Crippen molar-refractivity contribution in [1.29, 1.82) is 0 Å². The van der Waals surface area contributed by atoms with Gasteiger partial charge in [0.2, 0.25) is 0 Å². The van der Waals surface area contributed by atoms with Crippen molar-refractivity contribution >= 4 is 11.9 Å². The highest BCUT2D eigenvalue weighted by Crippen LogP contribution is 2.44. The Bertz CT molecular complexity index is 756. The van der Waals surface area contributed by atoms with Crippen LogP contribution in [0.2, 0.25) is 0 Å². The number of carboxylic acids is 1. The molecule has 0 saturated carbocycles. The maximum absolute atomic E-state index is 12.2. The second-order valence-corrected chi connectivity index (χ2v) is 6.17. The molecular weight excluding hydrogens is 306 g/mol. The van der Waals surface area contributed by atoms with E-state index in [2.05, 4.69) is 0 Å². The lowest BCUT2D eigenvalue weighted by Gasteiger charge is -2.22. The van der Waals surface area contributed by atoms with Gasteiger partial charge in [-0.15, -0.1) is 0 Å². The van der Waals surface area contributed by atoms with Crippen LogP contribution in [0, 0.1) is 5.41 Å². The van der Waals surface area contributed by atoms with Gasteiger partial charge in [-0.3, -0.25) is 9.59 Å². The number of ether oxygens (including phenoxy) is 1. The Morgan fingerprint density at radius 2 is 1.58 bits per heavy atom. The van der Waals surface area contributed by atoms with Crippen LogP contribution in [-0.2, 0) is 14.3 Å². The molecular formula is C19H19NO4. The monoisotopic (exact) mass is 325 g/mol. The van der Waals surface area contributed by atoms with Gasteiger partial charge in [-0.2, -0.15) is 0 Å². The molecule has 5 heteroatoms. The maximum atomic E-state index is 12.2. The summed E-state index contributed by atoms with van der Waals surface area (Å²) in [6.45, 7) is 1.07. The molecule has 2 aromatic carbocycles. The second-order valence-electron chi connectivity index (χ2n) is 6.17. The summed E-state index contributed by atoms with van der Waals surface area (Å²) in [6, 6.07) is 15.9. The molecule has 0 fully saturated rings. The normalized spacial score (nSPS) is 15.2. The zero-order chi connectivity index (χ0) is 17.3. The molecule has 1 aliphatic carbocycles. The molecule has 1 atom stereocenters. The molecule has 24 heavy (non-hydrogen) atoms. The molecule has 124 valence electrons. The van der Waals surface area contributed by atoms with Crippen molar-refractivity contribution in [1.82, 2.24) is 0 Å². The van der Waals surface area contributed by atoms with E-state index in [-0.39, 0.29) is 19.1 Å². The summed E-state index contributed by atoms with van der Waals surface area (Å²) in [5.74, 6) is -2.18. The van der Waals surface area contributed by atoms with Gasteiger partial charge in [0.25, 0.3) is 0 Å². The summed E-state index contributed by atoms with van der Waals surface area (Å²) in [4.78, 5) is 23.5. The quantitative estimate of drug-likeness (QED) is 0.651. The fourth-order valence-corrected chi connectivity index (χ4v) is 3.02. The zero-order valence-electron chi connectivity index (χ0n) is 13.4. The van der Waals surface area contributed by atoms with Gasteiger partial charge in [-0.05, 0) is 29.2 Å². The fraction of sp³-hybridized carbons (Fsp3) is 0.263. The first-order valence-corrected chi connectivity index (χ1v) is 7.78. The van der Waals surface area contributed by atoms with Crippen LogP contribution in [0.15, 0.2) is 48.5 Å². The van der Waals surface area contributed by atoms with Gasteiger partial charge in [0, 0.05) is 12.5 Å². The van der Waals surface area contributed by atoms with Crippen LogP contribution in [0.1, 0.15) is 24.0 Å². The smallest absolute Gasteiger partial charge is 0.324 e. The molecule has 1 aliphatic rings. The predicted octanol–water partition coefficient (Wildman–Crippen LogP) is 2.39. The van der Waals surface area contributed by atoms with Gasteiger partial charge >= 0.3 is 11.9 Å². The number of nitrogens with two attached hydrogens (primary N) is 1. The lowest BCUT2D eigenvalue weighted by atomic mass is 9.91. The molecule has 0 aromatic heterocycles. The van der Waals surface area contributed by atoms with E-state index in [4.69, 9.17) is 10.5 Å². The van der Waals surface area contributed by atoms with E-state index in [1.54, 1.807) is 0 Å². The molecule has 3 rings (SSSR count). The molecule has 1 unspecified atom stereocenters. The van der Waals surface area contributed by atoms with Crippen LogP contribution >= 0.6 is 0 Å². The van der Waals surface area contributed by atoms with Crippen molar-refractivity contribution in [2.45, 2.75) is 12.8 Å². The summed E-state index contributed by atoms with van der Waals surface area (Å²) in [5.41, 5.74) is 8.14. The Balaban J connectivity index is 1.86. The third-order valence-electron chi connectivity index (χ3n) is 4.67. The molecule has 0 saturated heterocycles. The molecule has 0 spiro atoms. The predicted molar refractivity (Wildman–Crippen MR) is 89.5 cm³/mol. The molecule has 3 N–H and O–H groups in total. The van der Waals surface area contributed by atoms with E-state index in [1.807, 2.05) is 48.5 Å². The van der Waals surface area contributed by atoms with E-state index >= 15 is 0 Å². The molecule has 0 radical (unpaired) electrons. The maximum Gasteiger partial charge on any atom is 0.324 e. The number of carbonyl (C=O) groups excluding carboxylic acids is 1. The number of aliphatic carboxylic acids is 1. The third kappa shape index (κ3) is 2.47. The first-order chi connectivity index (χ1) is 11.5. The van der Waals surface area contributed by atoms with Crippen LogP contribution < -0.4 is 5.73 Å². The highest BCUT2D eigenvalue weighted by molar-refractivity contribution is 5.99. The topological polar surface area (TPSA) is 89.6 Å². The lowest BCUT2D eigenvalue weighted by Crippen LogP contribution is -2.44. The standard InChI is InChI=1S/C19H19NO4/c1-19(11-20,17(21)22)18(23)24-10-16-14-8-4-2-6-12(14)13-7-3-5-9-15(13)16/h2-9,16H,10-11,20H2,1H3,(H,21,22). The average Bonchev–Trinajstić information content (AvgIpc) is 2.92. The minimum absolute atomic E-state index is 0.0930. The minimum atomic E-state index is -1.72. The van der Waals surface area contributed by atoms with Crippen LogP contribution in [0.5, 0.6) is 0 Å². The van der Waals surface area contributed by atoms with Crippen molar-refractivity contribution in [2.24, 2.45) is 11.1 Å². The van der Waals surface area contributed by atoms with Gasteiger partial charge in [0.1, 0.15) is 6.61 Å². The Labute approximate surface area is 140 Å². The molecule has 2 aromatic rings. The van der Waals surface area contributed by atoms with Crippen molar-refractivity contribution < 1.29 is 19.4 Å². The van der Waals surface area contributed by atoms with Gasteiger partial charge < -0.3 is 15.6 Å². The van der Waals surface area contributed by atoms with E-state index in [0.29, 0.717) is 0 Å². The lowest BCUT2D eigenvalue weighted by molar-refractivity contribution is -0.166. The van der Waals surface area contributed by atoms with E-state index in [0.717, 1.165) is 22.3 Å². The molecule has 0 bridgehead atoms. The first kappa shape index (κ1) is 16.2. The number of esters is 1. The molecule has 5 nitrogen and oxygen atoms in total. The summed E-state index contributed by atoms with van der Waals surface area (Å²) in [6.07, 6.45) is 0. The van der Waals surface area contributed by atoms with Crippen LogP contribution in [0.25, 0.3) is 11.1 Å². The average molecular weight is 325 g/mol. The van der Waals surface area contributed by atoms with Crippen LogP contribution in [0.3, 0.4) is 0 Å². The van der Waals surface area contributed by atoms with Gasteiger partial charge in [0.15, 0.2) is 5.41 Å². The van der Waals surface area contributed by atoms with E-state index < -0.39 is 17.4 Å². The number of fused-ring (bicyclic) bond motifs is 3. The van der Waals surface area contributed by atoms with Gasteiger partial charge in [-0.25, -0.2) is 0 Å². The third-order valence-corrected chi connectivity index (χ3v) is 4.67. The number of benzene rings is 2. The van der Waals surface area contributed by atoms with Crippen LogP contribution in [0.4, 0.5) is 0 Å². The Hall–Kier alpha value is -2.66. The van der Waals surface area contributed by atoms with E-state index in [1.165, 1.54) is 6.92 Å². The Morgan fingerprint density at radius 1 is 1.08 bits per heavy atom. The number of rotatable bonds is 5. The molecule has 0 heterocycles. The van der Waals surface area contributed by atoms with Crippen molar-refractivity contribution in [3.8, 4) is 11.1 Å². The first-order valence-electron chi connectivity index (χ1n) is 7.78. The number of carboxylic acid groups (broad SMARTS) is 1. The number of hydrogen-bond donors (Lipinski definition) is 2. The highest BCUT2D eigenvalue weighted by Gasteiger charge is 2.42. The largest absolute Gasteiger partial charge is 0.480 e. The molecule has 0 aliphatic heterocycles.